The lowest BCUT2D eigenvalue weighted by Crippen LogP contribution is -2.32. The van der Waals surface area contributed by atoms with Crippen LogP contribution in [0.25, 0.3) is 0 Å². The predicted octanol–water partition coefficient (Wildman–Crippen LogP) is 4.14. The summed E-state index contributed by atoms with van der Waals surface area (Å²) in [6.45, 7) is 0.195. The fourth-order valence-corrected chi connectivity index (χ4v) is 6.38. The lowest BCUT2D eigenvalue weighted by Gasteiger charge is -2.40. The fourth-order valence-electron chi connectivity index (χ4n) is 3.31. The third-order valence-corrected chi connectivity index (χ3v) is 7.98. The summed E-state index contributed by atoms with van der Waals surface area (Å²) < 4.78 is -0.288. The van der Waals surface area contributed by atoms with E-state index in [1.807, 2.05) is 36.4 Å². The predicted molar refractivity (Wildman–Crippen MR) is 116 cm³/mol. The molecular formula is C22H28O3S2. The molecule has 0 amide bonds. The first-order chi connectivity index (χ1) is 13.3. The van der Waals surface area contributed by atoms with Crippen molar-refractivity contribution in [3.63, 3.8) is 0 Å². The van der Waals surface area contributed by atoms with Crippen molar-refractivity contribution in [2.24, 2.45) is 0 Å². The second kappa shape index (κ2) is 12.2. The van der Waals surface area contributed by atoms with Crippen LogP contribution in [0.2, 0.25) is 0 Å². The minimum atomic E-state index is -0.288. The largest absolute Gasteiger partial charge is 0.396 e. The third-order valence-electron chi connectivity index (χ3n) is 4.55. The Bertz CT molecular complexity index is 641. The lowest BCUT2D eigenvalue weighted by molar-refractivity contribution is -0.108. The molecule has 146 valence electrons. The number of thioether (sulfide) groups is 2. The van der Waals surface area contributed by atoms with Crippen molar-refractivity contribution in [2.45, 2.75) is 29.3 Å². The number of hydrogen-bond acceptors (Lipinski definition) is 5. The van der Waals surface area contributed by atoms with E-state index >= 15 is 0 Å². The van der Waals surface area contributed by atoms with Gasteiger partial charge in [-0.05, 0) is 24.0 Å². The molecule has 3 nitrogen and oxygen atoms in total. The number of hydrogen-bond donors (Lipinski definition) is 2. The first-order valence-electron chi connectivity index (χ1n) is 9.28. The van der Waals surface area contributed by atoms with E-state index in [0.29, 0.717) is 17.9 Å². The molecule has 27 heavy (non-hydrogen) atoms. The maximum atomic E-state index is 11.5. The maximum absolute atomic E-state index is 11.5. The highest BCUT2D eigenvalue weighted by Crippen LogP contribution is 2.52. The standard InChI is InChI=1S/C22H28O3S2/c23-14-12-21(20-9-5-2-6-10-20)22(26-17-15-24,27-18-16-25)13-11-19-7-3-1-4-8-19/h1-10,14,21,24-25H,11-13,15-18H2. The van der Waals surface area contributed by atoms with Crippen LogP contribution in [0.15, 0.2) is 60.7 Å². The molecule has 2 aromatic carbocycles. The first-order valence-corrected chi connectivity index (χ1v) is 11.2. The van der Waals surface area contributed by atoms with Crippen LogP contribution >= 0.6 is 23.5 Å². The fraction of sp³-hybridized carbons (Fsp3) is 0.409. The van der Waals surface area contributed by atoms with Gasteiger partial charge in [0, 0.05) is 23.8 Å². The van der Waals surface area contributed by atoms with Crippen LogP contribution in [0, 0.1) is 0 Å². The molecular weight excluding hydrogens is 376 g/mol. The molecule has 0 aliphatic rings. The second-order valence-corrected chi connectivity index (χ2v) is 9.42. The summed E-state index contributed by atoms with van der Waals surface area (Å²) in [5, 5.41) is 18.9. The van der Waals surface area contributed by atoms with Crippen molar-refractivity contribution in [3.05, 3.63) is 71.8 Å². The van der Waals surface area contributed by atoms with E-state index in [9.17, 15) is 15.0 Å². The Kier molecular flexibility index (Phi) is 9.98. The van der Waals surface area contributed by atoms with Gasteiger partial charge in [-0.2, -0.15) is 0 Å². The molecule has 0 fully saturated rings. The van der Waals surface area contributed by atoms with Crippen molar-refractivity contribution in [2.75, 3.05) is 24.7 Å². The second-order valence-electron chi connectivity index (χ2n) is 6.31. The summed E-state index contributed by atoms with van der Waals surface area (Å²) >= 11 is 3.43. The van der Waals surface area contributed by atoms with Gasteiger partial charge in [-0.15, -0.1) is 23.5 Å². The average Bonchev–Trinajstić information content (AvgIpc) is 2.73. The number of aliphatic hydroxyl groups is 2. The van der Waals surface area contributed by atoms with Gasteiger partial charge in [0.15, 0.2) is 0 Å². The van der Waals surface area contributed by atoms with Gasteiger partial charge in [-0.1, -0.05) is 60.7 Å². The molecule has 0 radical (unpaired) electrons. The number of aliphatic hydroxyl groups excluding tert-OH is 2. The normalized spacial score (nSPS) is 12.7. The Labute approximate surface area is 170 Å². The number of carbonyl (C=O) groups is 1. The van der Waals surface area contributed by atoms with E-state index in [0.717, 1.165) is 24.7 Å². The molecule has 0 aliphatic carbocycles. The Morgan fingerprint density at radius 3 is 1.96 bits per heavy atom. The molecule has 0 saturated heterocycles. The number of aryl methyl sites for hydroxylation is 1. The Hall–Kier alpha value is -1.27. The summed E-state index contributed by atoms with van der Waals surface area (Å²) in [5.41, 5.74) is 2.39. The van der Waals surface area contributed by atoms with Crippen molar-refractivity contribution in [1.29, 1.82) is 0 Å². The zero-order chi connectivity index (χ0) is 19.4. The lowest BCUT2D eigenvalue weighted by atomic mass is 9.89. The Morgan fingerprint density at radius 2 is 1.44 bits per heavy atom. The minimum absolute atomic E-state index is 0.0213. The molecule has 2 aromatic rings. The molecule has 0 heterocycles. The van der Waals surface area contributed by atoms with Crippen LogP contribution in [0.5, 0.6) is 0 Å². The third kappa shape index (κ3) is 6.68. The molecule has 2 N–H and O–H groups in total. The van der Waals surface area contributed by atoms with E-state index < -0.39 is 0 Å². The monoisotopic (exact) mass is 404 g/mol. The number of benzene rings is 2. The van der Waals surface area contributed by atoms with E-state index in [2.05, 4.69) is 24.3 Å². The molecule has 0 bridgehead atoms. The molecule has 1 atom stereocenters. The van der Waals surface area contributed by atoms with Crippen LogP contribution < -0.4 is 0 Å². The average molecular weight is 405 g/mol. The topological polar surface area (TPSA) is 57.5 Å². The minimum Gasteiger partial charge on any atom is -0.396 e. The van der Waals surface area contributed by atoms with Crippen molar-refractivity contribution in [1.82, 2.24) is 0 Å². The summed E-state index contributed by atoms with van der Waals surface area (Å²) in [6.07, 6.45) is 3.17. The van der Waals surface area contributed by atoms with Crippen LogP contribution in [0.1, 0.15) is 29.9 Å². The van der Waals surface area contributed by atoms with Gasteiger partial charge in [0.25, 0.3) is 0 Å². The SMILES string of the molecule is O=CCC(c1ccccc1)C(CCc1ccccc1)(SCCO)SCCO. The summed E-state index contributed by atoms with van der Waals surface area (Å²) in [6, 6.07) is 20.5. The summed E-state index contributed by atoms with van der Waals surface area (Å²) in [4.78, 5) is 11.5. The summed E-state index contributed by atoms with van der Waals surface area (Å²) in [7, 11) is 0. The van der Waals surface area contributed by atoms with Crippen LogP contribution in [-0.2, 0) is 11.2 Å². The molecule has 0 aromatic heterocycles. The molecule has 5 heteroatoms. The van der Waals surface area contributed by atoms with Gasteiger partial charge in [0.2, 0.25) is 0 Å². The van der Waals surface area contributed by atoms with Gasteiger partial charge in [0.1, 0.15) is 6.29 Å². The van der Waals surface area contributed by atoms with E-state index in [4.69, 9.17) is 0 Å². The van der Waals surface area contributed by atoms with Gasteiger partial charge >= 0.3 is 0 Å². The molecule has 2 rings (SSSR count). The quantitative estimate of drug-likeness (QED) is 0.388. The van der Waals surface area contributed by atoms with Gasteiger partial charge in [-0.25, -0.2) is 0 Å². The number of aldehydes is 1. The van der Waals surface area contributed by atoms with Crippen LogP contribution in [0.4, 0.5) is 0 Å². The van der Waals surface area contributed by atoms with Crippen LogP contribution in [0.3, 0.4) is 0 Å². The highest BCUT2D eigenvalue weighted by atomic mass is 32.2. The van der Waals surface area contributed by atoms with Crippen molar-refractivity contribution in [3.8, 4) is 0 Å². The van der Waals surface area contributed by atoms with Gasteiger partial charge in [0.05, 0.1) is 17.3 Å². The first kappa shape index (κ1) is 22.0. The molecule has 1 unspecified atom stereocenters. The molecule has 0 saturated carbocycles. The molecule has 0 spiro atoms. The van der Waals surface area contributed by atoms with Crippen LogP contribution in [-0.4, -0.2) is 45.3 Å². The molecule has 0 aliphatic heterocycles. The highest BCUT2D eigenvalue weighted by Gasteiger charge is 2.40. The van der Waals surface area contributed by atoms with E-state index in [-0.39, 0.29) is 23.2 Å². The maximum Gasteiger partial charge on any atom is 0.120 e. The van der Waals surface area contributed by atoms with Crippen molar-refractivity contribution < 1.29 is 15.0 Å². The Morgan fingerprint density at radius 1 is 0.889 bits per heavy atom. The zero-order valence-electron chi connectivity index (χ0n) is 15.5. The zero-order valence-corrected chi connectivity index (χ0v) is 17.1. The summed E-state index contributed by atoms with van der Waals surface area (Å²) in [5.74, 6) is 1.23. The number of rotatable bonds is 13. The van der Waals surface area contributed by atoms with E-state index in [1.54, 1.807) is 23.5 Å². The number of carbonyl (C=O) groups excluding carboxylic acids is 1. The van der Waals surface area contributed by atoms with E-state index in [1.165, 1.54) is 5.56 Å². The highest BCUT2D eigenvalue weighted by molar-refractivity contribution is 8.18. The Balaban J connectivity index is 2.37. The van der Waals surface area contributed by atoms with Gasteiger partial charge in [-0.3, -0.25) is 0 Å². The van der Waals surface area contributed by atoms with Gasteiger partial charge < -0.3 is 15.0 Å². The smallest absolute Gasteiger partial charge is 0.120 e. The van der Waals surface area contributed by atoms with Crippen molar-refractivity contribution >= 4 is 29.8 Å².